The van der Waals surface area contributed by atoms with Crippen LogP contribution in [0.4, 0.5) is 4.79 Å². The van der Waals surface area contributed by atoms with Crippen molar-refractivity contribution in [1.29, 1.82) is 0 Å². The molecule has 0 bridgehead atoms. The summed E-state index contributed by atoms with van der Waals surface area (Å²) in [5.74, 6) is -2.37. The van der Waals surface area contributed by atoms with E-state index in [1.807, 2.05) is 6.08 Å². The van der Waals surface area contributed by atoms with E-state index in [9.17, 15) is 32.4 Å². The molecule has 51 heavy (non-hydrogen) atoms. The van der Waals surface area contributed by atoms with Crippen LogP contribution in [0.1, 0.15) is 69.7 Å². The lowest BCUT2D eigenvalue weighted by Crippen LogP contribution is -2.53. The van der Waals surface area contributed by atoms with Crippen molar-refractivity contribution >= 4 is 39.8 Å². The zero-order valence-electron chi connectivity index (χ0n) is 29.5. The summed E-state index contributed by atoms with van der Waals surface area (Å²) < 4.78 is 53.3. The third kappa shape index (κ3) is 11.3. The fourth-order valence-electron chi connectivity index (χ4n) is 5.66. The Hall–Kier alpha value is -4.38. The van der Waals surface area contributed by atoms with Gasteiger partial charge in [-0.05, 0) is 70.9 Å². The van der Waals surface area contributed by atoms with Gasteiger partial charge in [-0.3, -0.25) is 19.1 Å². The molecule has 17 heteroatoms. The van der Waals surface area contributed by atoms with E-state index in [2.05, 4.69) is 10.0 Å². The molecule has 0 aromatic heterocycles. The largest absolute Gasteiger partial charge is 0.497 e. The van der Waals surface area contributed by atoms with Crippen LogP contribution in [0.5, 0.6) is 11.5 Å². The Morgan fingerprint density at radius 2 is 1.80 bits per heavy atom. The average Bonchev–Trinajstić information content (AvgIpc) is 3.99. The van der Waals surface area contributed by atoms with Gasteiger partial charge in [0.05, 0.1) is 32.6 Å². The standard InChI is InChI=1S/C34H48N4O12S/c1-34(2,3)50-33(43)36-26(9-7-15-48-14-6-8-20-16-25(20)30(40)37-51(44,45)23-11-12-23)31(41)38-19-22(17-27(38)29(35)39)49-32(42)24-13-10-21(46-4)18-28(24)47-5/h6,8,10,13,18,20,22-23,25-27H,7,9,11-12,14-17,19H2,1-5H3,(H2,35,39)(H,36,43)(H,37,40)/b8-6-/t20-,22-,25+,26+,27+/m1/s1. The quantitative estimate of drug-likeness (QED) is 0.119. The van der Waals surface area contributed by atoms with E-state index in [-0.39, 0.29) is 55.7 Å². The second kappa shape index (κ2) is 16.8. The lowest BCUT2D eigenvalue weighted by Gasteiger charge is -2.28. The third-order valence-corrected chi connectivity index (χ3v) is 10.4. The summed E-state index contributed by atoms with van der Waals surface area (Å²) in [5.41, 5.74) is 4.94. The van der Waals surface area contributed by atoms with E-state index in [1.54, 1.807) is 32.9 Å². The highest BCUT2D eigenvalue weighted by molar-refractivity contribution is 7.90. The van der Waals surface area contributed by atoms with Crippen molar-refractivity contribution in [2.24, 2.45) is 17.6 Å². The van der Waals surface area contributed by atoms with Crippen LogP contribution in [0.2, 0.25) is 0 Å². The van der Waals surface area contributed by atoms with E-state index >= 15 is 0 Å². The molecule has 0 unspecified atom stereocenters. The Bertz CT molecular complexity index is 1600. The number of esters is 1. The van der Waals surface area contributed by atoms with Gasteiger partial charge in [0.15, 0.2) is 0 Å². The van der Waals surface area contributed by atoms with E-state index in [0.717, 1.165) is 0 Å². The lowest BCUT2D eigenvalue weighted by molar-refractivity contribution is -0.139. The number of benzene rings is 1. The summed E-state index contributed by atoms with van der Waals surface area (Å²) in [4.78, 5) is 65.5. The van der Waals surface area contributed by atoms with Crippen molar-refractivity contribution in [3.8, 4) is 11.5 Å². The predicted molar refractivity (Wildman–Crippen MR) is 182 cm³/mol. The first-order chi connectivity index (χ1) is 24.0. The number of methoxy groups -OCH3 is 2. The highest BCUT2D eigenvalue weighted by Gasteiger charge is 2.45. The van der Waals surface area contributed by atoms with Crippen LogP contribution in [-0.2, 0) is 38.6 Å². The highest BCUT2D eigenvalue weighted by atomic mass is 32.2. The molecule has 1 aromatic rings. The third-order valence-electron chi connectivity index (χ3n) is 8.53. The number of carbonyl (C=O) groups excluding carboxylic acids is 5. The Balaban J connectivity index is 1.31. The van der Waals surface area contributed by atoms with Crippen molar-refractivity contribution in [2.75, 3.05) is 34.0 Å². The molecule has 16 nitrogen and oxygen atoms in total. The number of hydrogen-bond donors (Lipinski definition) is 3. The number of likely N-dealkylation sites (tertiary alicyclic amines) is 1. The zero-order valence-corrected chi connectivity index (χ0v) is 30.4. The number of nitrogens with zero attached hydrogens (tertiary/aromatic N) is 1. The molecule has 3 aliphatic rings. The number of amides is 4. The number of sulfonamides is 1. The Labute approximate surface area is 297 Å². The van der Waals surface area contributed by atoms with Gasteiger partial charge in [-0.2, -0.15) is 0 Å². The maximum atomic E-state index is 13.8. The molecule has 4 rings (SSSR count). The predicted octanol–water partition coefficient (Wildman–Crippen LogP) is 1.81. The smallest absolute Gasteiger partial charge is 0.408 e. The molecule has 4 N–H and O–H groups in total. The number of nitrogens with two attached hydrogens (primary N) is 1. The minimum absolute atomic E-state index is 0.0419. The summed E-state index contributed by atoms with van der Waals surface area (Å²) in [6.45, 7) is 5.32. The van der Waals surface area contributed by atoms with Crippen molar-refractivity contribution in [2.45, 2.75) is 88.3 Å². The Kier molecular flexibility index (Phi) is 12.9. The molecule has 0 radical (unpaired) electrons. The molecule has 3 fully saturated rings. The molecule has 282 valence electrons. The van der Waals surface area contributed by atoms with E-state index in [0.29, 0.717) is 31.4 Å². The van der Waals surface area contributed by atoms with Crippen LogP contribution in [-0.4, -0.2) is 106 Å². The molecule has 2 aliphatic carbocycles. The van der Waals surface area contributed by atoms with E-state index in [4.69, 9.17) is 29.4 Å². The first kappa shape index (κ1) is 39.4. The molecule has 1 aromatic carbocycles. The number of nitrogens with one attached hydrogen (secondary N) is 2. The number of ether oxygens (including phenoxy) is 5. The van der Waals surface area contributed by atoms with Gasteiger partial charge in [-0.25, -0.2) is 18.0 Å². The van der Waals surface area contributed by atoms with Gasteiger partial charge in [-0.1, -0.05) is 12.2 Å². The average molecular weight is 737 g/mol. The number of alkyl carbamates (subject to hydrolysis) is 1. The fourth-order valence-corrected chi connectivity index (χ4v) is 7.02. The summed E-state index contributed by atoms with van der Waals surface area (Å²) >= 11 is 0. The summed E-state index contributed by atoms with van der Waals surface area (Å²) in [5, 5.41) is 2.13. The van der Waals surface area contributed by atoms with Gasteiger partial charge in [-0.15, -0.1) is 0 Å². The van der Waals surface area contributed by atoms with Gasteiger partial charge >= 0.3 is 12.1 Å². The lowest BCUT2D eigenvalue weighted by atomic mass is 10.1. The maximum absolute atomic E-state index is 13.8. The van der Waals surface area contributed by atoms with Crippen LogP contribution >= 0.6 is 0 Å². The minimum Gasteiger partial charge on any atom is -0.497 e. The van der Waals surface area contributed by atoms with Crippen molar-refractivity contribution < 1.29 is 56.1 Å². The molecular weight excluding hydrogens is 688 g/mol. The van der Waals surface area contributed by atoms with Crippen LogP contribution in [0.25, 0.3) is 0 Å². The molecule has 1 saturated heterocycles. The Morgan fingerprint density at radius 3 is 2.43 bits per heavy atom. The monoisotopic (exact) mass is 736 g/mol. The Morgan fingerprint density at radius 1 is 1.08 bits per heavy atom. The van der Waals surface area contributed by atoms with Gasteiger partial charge in [0.2, 0.25) is 27.7 Å². The van der Waals surface area contributed by atoms with Crippen molar-refractivity contribution in [3.05, 3.63) is 35.9 Å². The van der Waals surface area contributed by atoms with Gasteiger partial charge in [0.25, 0.3) is 0 Å². The summed E-state index contributed by atoms with van der Waals surface area (Å²) in [6.07, 6.45) is 3.98. The number of allylic oxidation sites excluding steroid dienone is 1. The molecular formula is C34H48N4O12S. The van der Waals surface area contributed by atoms with Crippen molar-refractivity contribution in [3.63, 3.8) is 0 Å². The molecule has 1 aliphatic heterocycles. The first-order valence-electron chi connectivity index (χ1n) is 16.8. The summed E-state index contributed by atoms with van der Waals surface area (Å²) in [6, 6.07) is 2.36. The number of primary amides is 1. The van der Waals surface area contributed by atoms with E-state index in [1.165, 1.54) is 31.3 Å². The molecule has 5 atom stereocenters. The molecule has 2 saturated carbocycles. The van der Waals surface area contributed by atoms with E-state index < -0.39 is 68.8 Å². The van der Waals surface area contributed by atoms with Crippen LogP contribution in [0.15, 0.2) is 30.4 Å². The fraction of sp³-hybridized carbons (Fsp3) is 0.618. The molecule has 4 amide bonds. The maximum Gasteiger partial charge on any atom is 0.408 e. The van der Waals surface area contributed by atoms with Crippen LogP contribution in [0.3, 0.4) is 0 Å². The van der Waals surface area contributed by atoms with Gasteiger partial charge < -0.3 is 39.6 Å². The normalized spacial score (nSPS) is 22.2. The number of rotatable bonds is 17. The second-order valence-electron chi connectivity index (χ2n) is 13.8. The first-order valence-corrected chi connectivity index (χ1v) is 18.4. The SMILES string of the molecule is COc1ccc(C(=O)O[C@@H]2C[C@@H](C(N)=O)N(C(=O)[C@H](CCCOC/C=C\[C@@H]3C[C@@H]3C(=O)NS(=O)(=O)C3CC3)NC(=O)OC(C)(C)C)C2)c(OC)c1. The van der Waals surface area contributed by atoms with Gasteiger partial charge in [0, 0.05) is 25.0 Å². The zero-order chi connectivity index (χ0) is 37.5. The second-order valence-corrected chi connectivity index (χ2v) is 15.8. The number of carbonyl (C=O) groups is 5. The molecule has 0 spiro atoms. The minimum atomic E-state index is -3.58. The topological polar surface area (TPSA) is 219 Å². The van der Waals surface area contributed by atoms with Crippen LogP contribution < -0.4 is 25.2 Å². The summed E-state index contributed by atoms with van der Waals surface area (Å²) in [7, 11) is -0.710. The van der Waals surface area contributed by atoms with Crippen molar-refractivity contribution in [1.82, 2.24) is 14.9 Å². The highest BCUT2D eigenvalue weighted by Crippen LogP contribution is 2.40. The van der Waals surface area contributed by atoms with Crippen LogP contribution in [0, 0.1) is 11.8 Å². The van der Waals surface area contributed by atoms with Gasteiger partial charge in [0.1, 0.15) is 40.9 Å². The number of hydrogen-bond acceptors (Lipinski definition) is 12. The molecule has 1 heterocycles.